The predicted molar refractivity (Wildman–Crippen MR) is 111 cm³/mol. The standard InChI is InChI=1S/C23H20F2O3S/c1-14-10-19(15(2)29-14)21(26)7-4-16-5-8-22(27-3)17(11-16)13-28-23-9-6-18(24)12-20(23)25/h4-12H,13H2,1-3H3/b7-4+. The molecule has 2 aromatic carbocycles. The Kier molecular flexibility index (Phi) is 6.44. The lowest BCUT2D eigenvalue weighted by Gasteiger charge is -2.12. The molecule has 0 unspecified atom stereocenters. The summed E-state index contributed by atoms with van der Waals surface area (Å²) in [5.41, 5.74) is 2.16. The maximum Gasteiger partial charge on any atom is 0.186 e. The van der Waals surface area contributed by atoms with Gasteiger partial charge in [-0.25, -0.2) is 8.78 Å². The highest BCUT2D eigenvalue weighted by Crippen LogP contribution is 2.25. The molecule has 0 bridgehead atoms. The van der Waals surface area contributed by atoms with E-state index in [1.165, 1.54) is 19.3 Å². The minimum Gasteiger partial charge on any atom is -0.496 e. The fourth-order valence-corrected chi connectivity index (χ4v) is 3.83. The molecule has 0 aliphatic heterocycles. The van der Waals surface area contributed by atoms with Crippen LogP contribution in [0.5, 0.6) is 11.5 Å². The smallest absolute Gasteiger partial charge is 0.186 e. The highest BCUT2D eigenvalue weighted by Gasteiger charge is 2.11. The zero-order valence-electron chi connectivity index (χ0n) is 16.3. The van der Waals surface area contributed by atoms with E-state index in [4.69, 9.17) is 9.47 Å². The Morgan fingerprint density at radius 2 is 1.83 bits per heavy atom. The number of rotatable bonds is 7. The van der Waals surface area contributed by atoms with Crippen molar-refractivity contribution in [3.8, 4) is 11.5 Å². The largest absolute Gasteiger partial charge is 0.496 e. The van der Waals surface area contributed by atoms with E-state index in [1.807, 2.05) is 26.0 Å². The number of allylic oxidation sites excluding steroid dienone is 1. The molecule has 0 radical (unpaired) electrons. The lowest BCUT2D eigenvalue weighted by atomic mass is 10.1. The van der Waals surface area contributed by atoms with E-state index >= 15 is 0 Å². The van der Waals surface area contributed by atoms with Gasteiger partial charge in [0.25, 0.3) is 0 Å². The van der Waals surface area contributed by atoms with Crippen LogP contribution in [0.25, 0.3) is 6.08 Å². The molecule has 1 aromatic heterocycles. The van der Waals surface area contributed by atoms with Crippen LogP contribution in [0.15, 0.2) is 48.5 Å². The van der Waals surface area contributed by atoms with Crippen molar-refractivity contribution in [3.05, 3.63) is 86.6 Å². The van der Waals surface area contributed by atoms with Crippen LogP contribution in [0, 0.1) is 25.5 Å². The highest BCUT2D eigenvalue weighted by molar-refractivity contribution is 7.12. The van der Waals surface area contributed by atoms with E-state index in [0.717, 1.165) is 27.5 Å². The van der Waals surface area contributed by atoms with E-state index in [2.05, 4.69) is 0 Å². The molecule has 0 fully saturated rings. The van der Waals surface area contributed by atoms with Crippen molar-refractivity contribution in [2.75, 3.05) is 7.11 Å². The summed E-state index contributed by atoms with van der Waals surface area (Å²) in [5.74, 6) is -0.977. The van der Waals surface area contributed by atoms with E-state index in [0.29, 0.717) is 16.9 Å². The number of carbonyl (C=O) groups is 1. The molecule has 150 valence electrons. The van der Waals surface area contributed by atoms with Crippen molar-refractivity contribution in [2.24, 2.45) is 0 Å². The molecule has 0 saturated carbocycles. The van der Waals surface area contributed by atoms with E-state index < -0.39 is 11.6 Å². The fourth-order valence-electron chi connectivity index (χ4n) is 2.90. The SMILES string of the molecule is COc1ccc(/C=C/C(=O)c2cc(C)sc2C)cc1COc1ccc(F)cc1F. The second-order valence-electron chi connectivity index (χ2n) is 6.46. The average molecular weight is 414 g/mol. The van der Waals surface area contributed by atoms with E-state index in [9.17, 15) is 13.6 Å². The summed E-state index contributed by atoms with van der Waals surface area (Å²) in [6, 6.07) is 10.4. The third-order valence-electron chi connectivity index (χ3n) is 4.32. The van der Waals surface area contributed by atoms with Crippen LogP contribution >= 0.6 is 11.3 Å². The molecular formula is C23H20F2O3S. The van der Waals surface area contributed by atoms with Crippen LogP contribution < -0.4 is 9.47 Å². The number of halogens is 2. The molecular weight excluding hydrogens is 394 g/mol. The first-order valence-electron chi connectivity index (χ1n) is 8.91. The summed E-state index contributed by atoms with van der Waals surface area (Å²) in [4.78, 5) is 14.5. The topological polar surface area (TPSA) is 35.5 Å². The van der Waals surface area contributed by atoms with E-state index in [1.54, 1.807) is 29.5 Å². The van der Waals surface area contributed by atoms with Gasteiger partial charge >= 0.3 is 0 Å². The van der Waals surface area contributed by atoms with Crippen LogP contribution in [-0.4, -0.2) is 12.9 Å². The van der Waals surface area contributed by atoms with Gasteiger partial charge in [-0.15, -0.1) is 11.3 Å². The minimum absolute atomic E-state index is 0.0319. The van der Waals surface area contributed by atoms with Crippen molar-refractivity contribution < 1.29 is 23.0 Å². The van der Waals surface area contributed by atoms with Gasteiger partial charge in [-0.05, 0) is 55.8 Å². The molecule has 3 aromatic rings. The zero-order chi connectivity index (χ0) is 21.0. The van der Waals surface area contributed by atoms with Gasteiger partial charge in [0.05, 0.1) is 7.11 Å². The number of thiophene rings is 1. The predicted octanol–water partition coefficient (Wildman–Crippen LogP) is 6.13. The monoisotopic (exact) mass is 414 g/mol. The van der Waals surface area contributed by atoms with Crippen LogP contribution in [0.4, 0.5) is 8.78 Å². The molecule has 0 aliphatic carbocycles. The normalized spacial score (nSPS) is 11.1. The number of aryl methyl sites for hydroxylation is 2. The minimum atomic E-state index is -0.771. The molecule has 0 aliphatic rings. The molecule has 3 nitrogen and oxygen atoms in total. The summed E-state index contributed by atoms with van der Waals surface area (Å²) in [6.45, 7) is 3.93. The van der Waals surface area contributed by atoms with Gasteiger partial charge < -0.3 is 9.47 Å². The highest BCUT2D eigenvalue weighted by atomic mass is 32.1. The third kappa shape index (κ3) is 5.09. The van der Waals surface area contributed by atoms with Gasteiger partial charge in [-0.3, -0.25) is 4.79 Å². The van der Waals surface area contributed by atoms with Crippen molar-refractivity contribution in [1.82, 2.24) is 0 Å². The number of benzene rings is 2. The first kappa shape index (κ1) is 20.7. The zero-order valence-corrected chi connectivity index (χ0v) is 17.1. The molecule has 0 spiro atoms. The van der Waals surface area contributed by atoms with Gasteiger partial charge in [-0.1, -0.05) is 12.1 Å². The van der Waals surface area contributed by atoms with Crippen molar-refractivity contribution in [3.63, 3.8) is 0 Å². The van der Waals surface area contributed by atoms with Crippen LogP contribution in [0.3, 0.4) is 0 Å². The van der Waals surface area contributed by atoms with Crippen LogP contribution in [0.2, 0.25) is 0 Å². The lowest BCUT2D eigenvalue weighted by Crippen LogP contribution is -2.01. The number of carbonyl (C=O) groups excluding carboxylic acids is 1. The maximum absolute atomic E-state index is 13.8. The summed E-state index contributed by atoms with van der Waals surface area (Å²) >= 11 is 1.59. The van der Waals surface area contributed by atoms with Crippen molar-refractivity contribution in [2.45, 2.75) is 20.5 Å². The van der Waals surface area contributed by atoms with Gasteiger partial charge in [0, 0.05) is 26.9 Å². The Morgan fingerprint density at radius 1 is 1.07 bits per heavy atom. The number of hydrogen-bond acceptors (Lipinski definition) is 4. The summed E-state index contributed by atoms with van der Waals surface area (Å²) in [7, 11) is 1.53. The average Bonchev–Trinajstić information content (AvgIpc) is 3.03. The van der Waals surface area contributed by atoms with Crippen LogP contribution in [-0.2, 0) is 6.61 Å². The third-order valence-corrected chi connectivity index (χ3v) is 5.28. The van der Waals surface area contributed by atoms with Crippen LogP contribution in [0.1, 0.15) is 31.2 Å². The number of methoxy groups -OCH3 is 1. The van der Waals surface area contributed by atoms with Gasteiger partial charge in [0.1, 0.15) is 18.2 Å². The second kappa shape index (κ2) is 9.01. The number of ketones is 1. The van der Waals surface area contributed by atoms with E-state index in [-0.39, 0.29) is 18.1 Å². The lowest BCUT2D eigenvalue weighted by molar-refractivity contribution is 0.104. The fraction of sp³-hybridized carbons (Fsp3) is 0.174. The van der Waals surface area contributed by atoms with Gasteiger partial charge in [-0.2, -0.15) is 0 Å². The quantitative estimate of drug-likeness (QED) is 0.345. The first-order valence-corrected chi connectivity index (χ1v) is 9.73. The maximum atomic E-state index is 13.8. The second-order valence-corrected chi connectivity index (χ2v) is 7.92. The summed E-state index contributed by atoms with van der Waals surface area (Å²) in [5, 5.41) is 0. The number of hydrogen-bond donors (Lipinski definition) is 0. The molecule has 29 heavy (non-hydrogen) atoms. The molecule has 3 rings (SSSR count). The van der Waals surface area contributed by atoms with Gasteiger partial charge in [0.2, 0.25) is 0 Å². The van der Waals surface area contributed by atoms with Crippen molar-refractivity contribution >= 4 is 23.2 Å². The summed E-state index contributed by atoms with van der Waals surface area (Å²) < 4.78 is 37.6. The van der Waals surface area contributed by atoms with Gasteiger partial charge in [0.15, 0.2) is 17.3 Å². The molecule has 6 heteroatoms. The Morgan fingerprint density at radius 3 is 2.48 bits per heavy atom. The molecule has 1 heterocycles. The molecule has 0 atom stereocenters. The number of ether oxygens (including phenoxy) is 2. The first-order chi connectivity index (χ1) is 13.9. The molecule has 0 amide bonds. The molecule has 0 N–H and O–H groups in total. The Balaban J connectivity index is 1.77. The Hall–Kier alpha value is -2.99. The Bertz CT molecular complexity index is 1070. The summed E-state index contributed by atoms with van der Waals surface area (Å²) in [6.07, 6.45) is 3.25. The Labute approximate surface area is 172 Å². The van der Waals surface area contributed by atoms with Crippen molar-refractivity contribution in [1.29, 1.82) is 0 Å². The molecule has 0 saturated heterocycles.